The lowest BCUT2D eigenvalue weighted by Crippen LogP contribution is -1.91. The minimum absolute atomic E-state index is 0.597. The molecule has 0 saturated heterocycles. The normalized spacial score (nSPS) is 9.30. The van der Waals surface area contributed by atoms with Gasteiger partial charge in [-0.2, -0.15) is 0 Å². The fraction of sp³-hybridized carbons (Fsp3) is 0. The molecule has 0 N–H and O–H groups in total. The Balaban J connectivity index is 3.07. The molecule has 0 aromatic carbocycles. The molecule has 4 nitrogen and oxygen atoms in total. The van der Waals surface area contributed by atoms with Crippen LogP contribution in [-0.2, 0) is 0 Å². The van der Waals surface area contributed by atoms with Crippen LogP contribution in [0.2, 0.25) is 0 Å². The minimum Gasteiger partial charge on any atom is -0.358 e. The van der Waals surface area contributed by atoms with Crippen molar-refractivity contribution in [2.75, 3.05) is 0 Å². The Labute approximate surface area is 55.5 Å². The van der Waals surface area contributed by atoms with Crippen molar-refractivity contribution in [3.8, 4) is 0 Å². The van der Waals surface area contributed by atoms with Gasteiger partial charge in [-0.25, -0.2) is 4.39 Å². The summed E-state index contributed by atoms with van der Waals surface area (Å²) < 4.78 is 12.1. The molecule has 1 aromatic rings. The first kappa shape index (κ1) is 6.60. The number of pyridine rings is 1. The van der Waals surface area contributed by atoms with E-state index in [0.29, 0.717) is 0 Å². The molecule has 0 atom stereocenters. The Morgan fingerprint density at radius 3 is 2.90 bits per heavy atom. The molecule has 1 rings (SSSR count). The van der Waals surface area contributed by atoms with Crippen molar-refractivity contribution >= 4 is 5.82 Å². The summed E-state index contributed by atoms with van der Waals surface area (Å²) in [6, 6.07) is 2.82. The Morgan fingerprint density at radius 1 is 1.80 bits per heavy atom. The Morgan fingerprint density at radius 2 is 2.50 bits per heavy atom. The fourth-order valence-electron chi connectivity index (χ4n) is 0.447. The maximum atomic E-state index is 12.1. The minimum atomic E-state index is -0.802. The number of aromatic nitrogens is 1. The highest BCUT2D eigenvalue weighted by molar-refractivity contribution is 5.15. The topological polar surface area (TPSA) is 56.0 Å². The first-order chi connectivity index (χ1) is 4.70. The van der Waals surface area contributed by atoms with E-state index in [1.165, 1.54) is 0 Å². The summed E-state index contributed by atoms with van der Waals surface area (Å²) in [5.74, 6) is -1.37. The first-order valence-corrected chi connectivity index (χ1v) is 2.38. The zero-order valence-electron chi connectivity index (χ0n) is 4.74. The lowest BCUT2D eigenvalue weighted by molar-refractivity contribution is -0.390. The lowest BCUT2D eigenvalue weighted by Gasteiger charge is -1.87. The van der Waals surface area contributed by atoms with Gasteiger partial charge < -0.3 is 10.1 Å². The molecule has 0 saturated carbocycles. The summed E-state index contributed by atoms with van der Waals surface area (Å²) in [5, 5.41) is 9.90. The second kappa shape index (κ2) is 2.38. The van der Waals surface area contributed by atoms with Gasteiger partial charge in [-0.1, -0.05) is 0 Å². The predicted octanol–water partition coefficient (Wildman–Crippen LogP) is 0.929. The van der Waals surface area contributed by atoms with E-state index in [1.807, 2.05) is 6.07 Å². The van der Waals surface area contributed by atoms with Gasteiger partial charge in [0.05, 0.1) is 0 Å². The van der Waals surface area contributed by atoms with Gasteiger partial charge in [0.2, 0.25) is 0 Å². The van der Waals surface area contributed by atoms with Crippen molar-refractivity contribution < 1.29 is 9.31 Å². The van der Waals surface area contributed by atoms with Crippen LogP contribution in [0.3, 0.4) is 0 Å². The third kappa shape index (κ3) is 1.25. The molecule has 0 unspecified atom stereocenters. The predicted molar refractivity (Wildman–Crippen MR) is 29.7 cm³/mol. The van der Waals surface area contributed by atoms with Crippen molar-refractivity contribution in [1.82, 2.24) is 4.98 Å². The van der Waals surface area contributed by atoms with E-state index < -0.39 is 16.6 Å². The van der Waals surface area contributed by atoms with Crippen LogP contribution in [0.4, 0.5) is 10.2 Å². The maximum Gasteiger partial charge on any atom is 0.374 e. The maximum absolute atomic E-state index is 12.1. The second-order valence-corrected chi connectivity index (χ2v) is 1.50. The highest BCUT2D eigenvalue weighted by Gasteiger charge is 2.06. The van der Waals surface area contributed by atoms with Crippen LogP contribution < -0.4 is 0 Å². The number of rotatable bonds is 1. The third-order valence-corrected chi connectivity index (χ3v) is 0.822. The highest BCUT2D eigenvalue weighted by atomic mass is 19.1. The molecule has 0 spiro atoms. The standard InChI is InChI=1S/C5H2FN2O2/c6-4-1-2-7-5(3-4)8(9)10/h1-2H. The molecule has 0 bridgehead atoms. The molecule has 5 heteroatoms. The third-order valence-electron chi connectivity index (χ3n) is 0.822. The van der Waals surface area contributed by atoms with E-state index in [2.05, 4.69) is 4.98 Å². The smallest absolute Gasteiger partial charge is 0.358 e. The van der Waals surface area contributed by atoms with Crippen LogP contribution >= 0.6 is 0 Å². The molecule has 1 aromatic heterocycles. The molecule has 10 heavy (non-hydrogen) atoms. The van der Waals surface area contributed by atoms with Crippen molar-refractivity contribution in [1.29, 1.82) is 0 Å². The SMILES string of the molecule is O=[N+]([O-])c1[c]c(F)ccn1. The summed E-state index contributed by atoms with van der Waals surface area (Å²) in [4.78, 5) is 12.3. The van der Waals surface area contributed by atoms with Crippen LogP contribution in [0.1, 0.15) is 0 Å². The molecule has 0 aliphatic rings. The molecule has 0 aliphatic heterocycles. The molecular formula is C5H2FN2O2. The van der Waals surface area contributed by atoms with Crippen molar-refractivity contribution in [2.24, 2.45) is 0 Å². The molecule has 0 fully saturated rings. The Hall–Kier alpha value is -1.52. The second-order valence-electron chi connectivity index (χ2n) is 1.50. The Kier molecular flexibility index (Phi) is 1.57. The van der Waals surface area contributed by atoms with Crippen LogP contribution in [0.15, 0.2) is 12.3 Å². The summed E-state index contributed by atoms with van der Waals surface area (Å²) in [7, 11) is 0. The van der Waals surface area contributed by atoms with Gasteiger partial charge in [0.15, 0.2) is 0 Å². The zero-order valence-corrected chi connectivity index (χ0v) is 4.74. The van der Waals surface area contributed by atoms with Gasteiger partial charge in [-0.15, -0.1) is 0 Å². The van der Waals surface area contributed by atoms with Gasteiger partial charge >= 0.3 is 5.82 Å². The van der Waals surface area contributed by atoms with E-state index >= 15 is 0 Å². The van der Waals surface area contributed by atoms with Gasteiger partial charge in [-0.3, -0.25) is 0 Å². The molecule has 1 radical (unpaired) electrons. The Bertz CT molecular complexity index is 264. The number of nitrogens with zero attached hydrogens (tertiary/aromatic N) is 2. The number of nitro groups is 1. The van der Waals surface area contributed by atoms with Crippen LogP contribution in [-0.4, -0.2) is 9.91 Å². The molecule has 0 aliphatic carbocycles. The van der Waals surface area contributed by atoms with E-state index in [4.69, 9.17) is 0 Å². The highest BCUT2D eigenvalue weighted by Crippen LogP contribution is 2.05. The van der Waals surface area contributed by atoms with Crippen LogP contribution in [0.5, 0.6) is 0 Å². The number of hydrogen-bond acceptors (Lipinski definition) is 3. The van der Waals surface area contributed by atoms with Crippen LogP contribution in [0.25, 0.3) is 0 Å². The number of halogens is 1. The van der Waals surface area contributed by atoms with E-state index in [1.54, 1.807) is 0 Å². The van der Waals surface area contributed by atoms with Crippen LogP contribution in [0, 0.1) is 22.0 Å². The van der Waals surface area contributed by atoms with Gasteiger partial charge in [0.1, 0.15) is 18.1 Å². The molecule has 51 valence electrons. The number of hydrogen-bond donors (Lipinski definition) is 0. The average Bonchev–Trinajstić information content (AvgIpc) is 1.88. The van der Waals surface area contributed by atoms with Crippen molar-refractivity contribution in [3.05, 3.63) is 34.3 Å². The summed E-state index contributed by atoms with van der Waals surface area (Å²) in [5.41, 5.74) is 0. The van der Waals surface area contributed by atoms with E-state index in [0.717, 1.165) is 12.3 Å². The quantitative estimate of drug-likeness (QED) is 0.431. The molecule has 1 heterocycles. The van der Waals surface area contributed by atoms with Gasteiger partial charge in [0, 0.05) is 6.07 Å². The summed E-state index contributed by atoms with van der Waals surface area (Å²) >= 11 is 0. The van der Waals surface area contributed by atoms with Crippen molar-refractivity contribution in [3.63, 3.8) is 0 Å². The summed E-state index contributed by atoms with van der Waals surface area (Å²) in [6.07, 6.45) is 1.02. The first-order valence-electron chi connectivity index (χ1n) is 2.38. The lowest BCUT2D eigenvalue weighted by atomic mass is 10.4. The molecular weight excluding hydrogens is 139 g/mol. The van der Waals surface area contributed by atoms with E-state index in [9.17, 15) is 14.5 Å². The monoisotopic (exact) mass is 141 g/mol. The van der Waals surface area contributed by atoms with E-state index in [-0.39, 0.29) is 0 Å². The zero-order chi connectivity index (χ0) is 7.56. The molecule has 0 amide bonds. The van der Waals surface area contributed by atoms with Crippen molar-refractivity contribution in [2.45, 2.75) is 0 Å². The van der Waals surface area contributed by atoms with Gasteiger partial charge in [0.25, 0.3) is 0 Å². The summed E-state index contributed by atoms with van der Waals surface area (Å²) in [6.45, 7) is 0. The van der Waals surface area contributed by atoms with Gasteiger partial charge in [-0.05, 0) is 9.91 Å². The average molecular weight is 141 g/mol. The largest absolute Gasteiger partial charge is 0.374 e. The fourth-order valence-corrected chi connectivity index (χ4v) is 0.447.